The molecule has 0 aliphatic carbocycles. The summed E-state index contributed by atoms with van der Waals surface area (Å²) in [5, 5.41) is 0. The highest BCUT2D eigenvalue weighted by molar-refractivity contribution is 5.36. The van der Waals surface area contributed by atoms with Crippen molar-refractivity contribution in [3.63, 3.8) is 0 Å². The first-order valence-electron chi connectivity index (χ1n) is 4.07. The van der Waals surface area contributed by atoms with Crippen molar-refractivity contribution in [2.45, 2.75) is 19.5 Å². The maximum absolute atomic E-state index is 12.3. The third kappa shape index (κ3) is 3.40. The number of hydrogen-bond donors (Lipinski definition) is 1. The van der Waals surface area contributed by atoms with E-state index in [0.29, 0.717) is 6.07 Å². The van der Waals surface area contributed by atoms with Crippen LogP contribution in [0.5, 0.6) is 5.75 Å². The molecular weight excluding hydrogens is 256 g/mol. The molecule has 0 spiro atoms. The van der Waals surface area contributed by atoms with Crippen molar-refractivity contribution in [1.82, 2.24) is 4.98 Å². The maximum atomic E-state index is 12.3. The number of pyridine rings is 1. The standard InChI is InChI=1S/C8H5F6NO2/c1-3-4(17-8(12,13)14)2-5(16)15-6(3)7(9,10)11/h2H,1H3,(H,15,16). The van der Waals surface area contributed by atoms with Crippen LogP contribution in [0, 0.1) is 6.92 Å². The van der Waals surface area contributed by atoms with Gasteiger partial charge in [0, 0.05) is 11.6 Å². The van der Waals surface area contributed by atoms with Crippen LogP contribution in [0.15, 0.2) is 10.9 Å². The second-order valence-electron chi connectivity index (χ2n) is 3.04. The Kier molecular flexibility index (Phi) is 3.13. The van der Waals surface area contributed by atoms with Crippen molar-refractivity contribution >= 4 is 0 Å². The van der Waals surface area contributed by atoms with E-state index in [1.54, 1.807) is 0 Å². The first kappa shape index (κ1) is 13.4. The summed E-state index contributed by atoms with van der Waals surface area (Å²) >= 11 is 0. The van der Waals surface area contributed by atoms with Gasteiger partial charge in [-0.15, -0.1) is 13.2 Å². The zero-order valence-electron chi connectivity index (χ0n) is 8.16. The zero-order valence-corrected chi connectivity index (χ0v) is 8.16. The Morgan fingerprint density at radius 2 is 1.71 bits per heavy atom. The lowest BCUT2D eigenvalue weighted by Gasteiger charge is -2.15. The van der Waals surface area contributed by atoms with Crippen molar-refractivity contribution in [1.29, 1.82) is 0 Å². The summed E-state index contributed by atoms with van der Waals surface area (Å²) < 4.78 is 75.9. The number of ether oxygens (including phenoxy) is 1. The Hall–Kier alpha value is -1.67. The van der Waals surface area contributed by atoms with E-state index in [4.69, 9.17) is 0 Å². The predicted molar refractivity (Wildman–Crippen MR) is 43.5 cm³/mol. The molecule has 1 N–H and O–H groups in total. The molecule has 9 heteroatoms. The Morgan fingerprint density at radius 3 is 2.12 bits per heavy atom. The fourth-order valence-corrected chi connectivity index (χ4v) is 1.12. The minimum Gasteiger partial charge on any atom is -0.405 e. The van der Waals surface area contributed by atoms with Crippen LogP contribution in [-0.2, 0) is 6.18 Å². The summed E-state index contributed by atoms with van der Waals surface area (Å²) in [5.74, 6) is -1.17. The van der Waals surface area contributed by atoms with Crippen molar-refractivity contribution in [3.05, 3.63) is 27.7 Å². The van der Waals surface area contributed by atoms with Gasteiger partial charge in [0.15, 0.2) is 0 Å². The largest absolute Gasteiger partial charge is 0.573 e. The number of alkyl halides is 6. The molecular formula is C8H5F6NO2. The van der Waals surface area contributed by atoms with Gasteiger partial charge < -0.3 is 9.72 Å². The predicted octanol–water partition coefficient (Wildman–Crippen LogP) is 2.60. The second-order valence-corrected chi connectivity index (χ2v) is 3.04. The van der Waals surface area contributed by atoms with Gasteiger partial charge in [0.25, 0.3) is 5.56 Å². The molecule has 96 valence electrons. The first-order valence-corrected chi connectivity index (χ1v) is 4.07. The topological polar surface area (TPSA) is 42.1 Å². The van der Waals surface area contributed by atoms with E-state index < -0.39 is 35.1 Å². The lowest BCUT2D eigenvalue weighted by Crippen LogP contribution is -2.23. The second kappa shape index (κ2) is 3.97. The number of hydrogen-bond acceptors (Lipinski definition) is 2. The maximum Gasteiger partial charge on any atom is 0.573 e. The van der Waals surface area contributed by atoms with Crippen LogP contribution in [0.4, 0.5) is 26.3 Å². The lowest BCUT2D eigenvalue weighted by molar-refractivity contribution is -0.275. The molecule has 0 amide bonds. The summed E-state index contributed by atoms with van der Waals surface area (Å²) in [6.07, 6.45) is -10.1. The highest BCUT2D eigenvalue weighted by atomic mass is 19.4. The molecule has 0 radical (unpaired) electrons. The quantitative estimate of drug-likeness (QED) is 0.789. The molecule has 0 saturated heterocycles. The van der Waals surface area contributed by atoms with Crippen LogP contribution in [0.3, 0.4) is 0 Å². The van der Waals surface area contributed by atoms with E-state index in [1.165, 1.54) is 4.98 Å². The molecule has 0 bridgehead atoms. The van der Waals surface area contributed by atoms with E-state index in [-0.39, 0.29) is 0 Å². The third-order valence-corrected chi connectivity index (χ3v) is 1.76. The van der Waals surface area contributed by atoms with Gasteiger partial charge in [-0.05, 0) is 6.92 Å². The summed E-state index contributed by atoms with van der Waals surface area (Å²) in [5.41, 5.74) is -3.74. The van der Waals surface area contributed by atoms with Crippen LogP contribution >= 0.6 is 0 Å². The number of halogens is 6. The third-order valence-electron chi connectivity index (χ3n) is 1.76. The van der Waals surface area contributed by atoms with Crippen LogP contribution in [-0.4, -0.2) is 11.3 Å². The molecule has 17 heavy (non-hydrogen) atoms. The van der Waals surface area contributed by atoms with Crippen LogP contribution in [0.2, 0.25) is 0 Å². The smallest absolute Gasteiger partial charge is 0.405 e. The minimum atomic E-state index is -5.17. The molecule has 0 unspecified atom stereocenters. The molecule has 0 saturated carbocycles. The zero-order chi connectivity index (χ0) is 13.4. The number of aromatic nitrogens is 1. The van der Waals surface area contributed by atoms with Gasteiger partial charge in [0.2, 0.25) is 0 Å². The van der Waals surface area contributed by atoms with E-state index in [2.05, 4.69) is 4.74 Å². The Morgan fingerprint density at radius 1 is 1.18 bits per heavy atom. The number of rotatable bonds is 1. The molecule has 1 rings (SSSR count). The molecule has 1 aromatic rings. The van der Waals surface area contributed by atoms with E-state index in [0.717, 1.165) is 6.92 Å². The lowest BCUT2D eigenvalue weighted by atomic mass is 10.2. The fraction of sp³-hybridized carbons (Fsp3) is 0.375. The van der Waals surface area contributed by atoms with Gasteiger partial charge in [-0.25, -0.2) is 0 Å². The average Bonchev–Trinajstić information content (AvgIpc) is 2.06. The van der Waals surface area contributed by atoms with Gasteiger partial charge in [-0.2, -0.15) is 13.2 Å². The molecule has 0 aromatic carbocycles. The van der Waals surface area contributed by atoms with E-state index in [1.807, 2.05) is 0 Å². The fourth-order valence-electron chi connectivity index (χ4n) is 1.12. The highest BCUT2D eigenvalue weighted by Crippen LogP contribution is 2.34. The summed E-state index contributed by atoms with van der Waals surface area (Å²) in [4.78, 5) is 12.2. The SMILES string of the molecule is Cc1c(OC(F)(F)F)cc(=O)[nH]c1C(F)(F)F. The molecule has 1 aromatic heterocycles. The minimum absolute atomic E-state index is 0.304. The van der Waals surface area contributed by atoms with Crippen molar-refractivity contribution < 1.29 is 31.1 Å². The molecule has 0 aliphatic heterocycles. The van der Waals surface area contributed by atoms with Gasteiger partial charge >= 0.3 is 12.5 Å². The first-order chi connectivity index (χ1) is 7.50. The Labute approximate surface area is 90.0 Å². The highest BCUT2D eigenvalue weighted by Gasteiger charge is 2.38. The number of aromatic amines is 1. The number of H-pyrrole nitrogens is 1. The average molecular weight is 261 g/mol. The van der Waals surface area contributed by atoms with Crippen LogP contribution in [0.25, 0.3) is 0 Å². The van der Waals surface area contributed by atoms with E-state index in [9.17, 15) is 31.1 Å². The summed E-state index contributed by atoms with van der Waals surface area (Å²) in [7, 11) is 0. The van der Waals surface area contributed by atoms with Gasteiger partial charge in [-0.3, -0.25) is 4.79 Å². The number of nitrogens with one attached hydrogen (secondary N) is 1. The van der Waals surface area contributed by atoms with Gasteiger partial charge in [0.05, 0.1) is 0 Å². The van der Waals surface area contributed by atoms with Gasteiger partial charge in [-0.1, -0.05) is 0 Å². The Bertz CT molecular complexity index is 472. The Balaban J connectivity index is 3.35. The summed E-state index contributed by atoms with van der Waals surface area (Å²) in [6, 6.07) is 0.304. The molecule has 0 fully saturated rings. The molecule has 0 aliphatic rings. The van der Waals surface area contributed by atoms with Crippen molar-refractivity contribution in [3.8, 4) is 5.75 Å². The van der Waals surface area contributed by atoms with Crippen LogP contribution < -0.4 is 10.3 Å². The van der Waals surface area contributed by atoms with Crippen LogP contribution in [0.1, 0.15) is 11.3 Å². The van der Waals surface area contributed by atoms with Crippen molar-refractivity contribution in [2.75, 3.05) is 0 Å². The normalized spacial score (nSPS) is 12.6. The molecule has 0 atom stereocenters. The molecule has 3 nitrogen and oxygen atoms in total. The monoisotopic (exact) mass is 261 g/mol. The van der Waals surface area contributed by atoms with E-state index >= 15 is 0 Å². The molecule has 1 heterocycles. The summed E-state index contributed by atoms with van der Waals surface area (Å²) in [6.45, 7) is 0.764. The van der Waals surface area contributed by atoms with Crippen molar-refractivity contribution in [2.24, 2.45) is 0 Å². The van der Waals surface area contributed by atoms with Gasteiger partial charge in [0.1, 0.15) is 11.4 Å².